The van der Waals surface area contributed by atoms with Gasteiger partial charge in [-0.1, -0.05) is 60.7 Å². The van der Waals surface area contributed by atoms with Crippen LogP contribution < -0.4 is 10.6 Å². The van der Waals surface area contributed by atoms with E-state index in [1.807, 2.05) is 12.1 Å². The van der Waals surface area contributed by atoms with Crippen LogP contribution in [0.5, 0.6) is 0 Å². The second-order valence-corrected chi connectivity index (χ2v) is 8.18. The quantitative estimate of drug-likeness (QED) is 0.730. The van der Waals surface area contributed by atoms with E-state index >= 15 is 0 Å². The molecule has 2 amide bonds. The van der Waals surface area contributed by atoms with Gasteiger partial charge in [-0.3, -0.25) is 0 Å². The lowest BCUT2D eigenvalue weighted by molar-refractivity contribution is 0.238. The number of carbonyl (C=O) groups excluding carboxylic acids is 1. The second-order valence-electron chi connectivity index (χ2n) is 8.18. The Morgan fingerprint density at radius 2 is 1.57 bits per heavy atom. The first-order valence-corrected chi connectivity index (χ1v) is 10.7. The molecular weight excluding hydrogens is 346 g/mol. The van der Waals surface area contributed by atoms with Crippen LogP contribution in [0.25, 0.3) is 0 Å². The fraction of sp³-hybridized carbons (Fsp3) is 0.458. The highest BCUT2D eigenvalue weighted by molar-refractivity contribution is 5.73. The van der Waals surface area contributed by atoms with Crippen molar-refractivity contribution in [3.05, 3.63) is 71.8 Å². The molecule has 0 radical (unpaired) electrons. The molecular formula is C24H31N3O. The van der Waals surface area contributed by atoms with Crippen molar-refractivity contribution in [3.63, 3.8) is 0 Å². The minimum atomic E-state index is -0.0373. The van der Waals surface area contributed by atoms with E-state index in [-0.39, 0.29) is 6.03 Å². The summed E-state index contributed by atoms with van der Waals surface area (Å²) < 4.78 is 0. The molecule has 2 aromatic carbocycles. The molecule has 1 heterocycles. The molecule has 4 nitrogen and oxygen atoms in total. The summed E-state index contributed by atoms with van der Waals surface area (Å²) in [5.74, 6) is 0.900. The van der Waals surface area contributed by atoms with Gasteiger partial charge in [0.25, 0.3) is 0 Å². The van der Waals surface area contributed by atoms with E-state index in [0.717, 1.165) is 25.6 Å². The van der Waals surface area contributed by atoms with Gasteiger partial charge in [0.05, 0.1) is 0 Å². The van der Waals surface area contributed by atoms with Crippen LogP contribution in [0.15, 0.2) is 60.7 Å². The van der Waals surface area contributed by atoms with E-state index in [1.165, 1.54) is 36.9 Å². The highest BCUT2D eigenvalue weighted by Gasteiger charge is 2.34. The van der Waals surface area contributed by atoms with Crippen molar-refractivity contribution in [2.75, 3.05) is 26.2 Å². The normalized spacial score (nSPS) is 19.7. The largest absolute Gasteiger partial charge is 0.338 e. The highest BCUT2D eigenvalue weighted by atomic mass is 16.2. The maximum absolute atomic E-state index is 12.2. The van der Waals surface area contributed by atoms with Crippen LogP contribution in [0.2, 0.25) is 0 Å². The van der Waals surface area contributed by atoms with E-state index < -0.39 is 0 Å². The number of carbonyl (C=O) groups is 1. The lowest BCUT2D eigenvalue weighted by atomic mass is 9.88. The van der Waals surface area contributed by atoms with Crippen molar-refractivity contribution in [3.8, 4) is 0 Å². The van der Waals surface area contributed by atoms with Gasteiger partial charge in [-0.2, -0.15) is 0 Å². The maximum atomic E-state index is 12.2. The third-order valence-electron chi connectivity index (χ3n) is 6.05. The summed E-state index contributed by atoms with van der Waals surface area (Å²) in [6.45, 7) is 3.80. The minimum Gasteiger partial charge on any atom is -0.338 e. The molecule has 2 aromatic rings. The number of nitrogens with one attached hydrogen (secondary N) is 2. The minimum absolute atomic E-state index is 0.0373. The van der Waals surface area contributed by atoms with Crippen LogP contribution in [0.1, 0.15) is 42.7 Å². The van der Waals surface area contributed by atoms with Gasteiger partial charge < -0.3 is 15.5 Å². The van der Waals surface area contributed by atoms with Gasteiger partial charge in [0, 0.05) is 31.6 Å². The molecule has 148 valence electrons. The van der Waals surface area contributed by atoms with Crippen molar-refractivity contribution >= 4 is 6.03 Å². The van der Waals surface area contributed by atoms with E-state index in [1.54, 1.807) is 0 Å². The van der Waals surface area contributed by atoms with Gasteiger partial charge in [0.15, 0.2) is 0 Å². The van der Waals surface area contributed by atoms with Gasteiger partial charge in [-0.05, 0) is 49.3 Å². The number of hydrogen-bond acceptors (Lipinski definition) is 2. The fourth-order valence-corrected chi connectivity index (χ4v) is 4.33. The summed E-state index contributed by atoms with van der Waals surface area (Å²) in [5.41, 5.74) is 2.59. The van der Waals surface area contributed by atoms with E-state index in [9.17, 15) is 4.79 Å². The summed E-state index contributed by atoms with van der Waals surface area (Å²) in [4.78, 5) is 14.8. The van der Waals surface area contributed by atoms with Crippen LogP contribution in [0.4, 0.5) is 4.79 Å². The monoisotopic (exact) mass is 377 g/mol. The van der Waals surface area contributed by atoms with Crippen LogP contribution in [-0.2, 0) is 0 Å². The predicted molar refractivity (Wildman–Crippen MR) is 113 cm³/mol. The summed E-state index contributed by atoms with van der Waals surface area (Å²) in [6, 6.07) is 21.9. The second kappa shape index (κ2) is 9.24. The molecule has 28 heavy (non-hydrogen) atoms. The van der Waals surface area contributed by atoms with Gasteiger partial charge in [-0.15, -0.1) is 0 Å². The SMILES string of the molecule is O=C(NCCC(c1ccccc1)c1ccccc1)NC[C@@H]1CCN(C2CC2)C1. The molecule has 0 unspecified atom stereocenters. The fourth-order valence-electron chi connectivity index (χ4n) is 4.33. The Labute approximate surface area is 168 Å². The lowest BCUT2D eigenvalue weighted by Crippen LogP contribution is -2.39. The molecule has 1 saturated carbocycles. The number of nitrogens with zero attached hydrogens (tertiary/aromatic N) is 1. The smallest absolute Gasteiger partial charge is 0.314 e. The Kier molecular flexibility index (Phi) is 6.27. The van der Waals surface area contributed by atoms with Crippen LogP contribution >= 0.6 is 0 Å². The number of benzene rings is 2. The molecule has 1 saturated heterocycles. The summed E-state index contributed by atoms with van der Waals surface area (Å²) in [5, 5.41) is 6.14. The standard InChI is InChI=1S/C24H31N3O/c28-24(26-17-19-14-16-27(18-19)22-11-12-22)25-15-13-23(20-7-3-1-4-8-20)21-9-5-2-6-10-21/h1-10,19,22-23H,11-18H2,(H2,25,26,28)/t19-/m0/s1. The van der Waals surface area contributed by atoms with Crippen molar-refractivity contribution < 1.29 is 4.79 Å². The van der Waals surface area contributed by atoms with Gasteiger partial charge in [0.2, 0.25) is 0 Å². The molecule has 1 atom stereocenters. The summed E-state index contributed by atoms with van der Waals surface area (Å²) in [6.07, 6.45) is 4.83. The van der Waals surface area contributed by atoms with Crippen molar-refractivity contribution in [1.82, 2.24) is 15.5 Å². The zero-order valence-electron chi connectivity index (χ0n) is 16.5. The topological polar surface area (TPSA) is 44.4 Å². The Balaban J connectivity index is 1.23. The maximum Gasteiger partial charge on any atom is 0.314 e. The Morgan fingerprint density at radius 3 is 2.18 bits per heavy atom. The summed E-state index contributed by atoms with van der Waals surface area (Å²) in [7, 11) is 0. The number of amides is 2. The van der Waals surface area contributed by atoms with Crippen molar-refractivity contribution in [1.29, 1.82) is 0 Å². The Bertz CT molecular complexity index is 705. The molecule has 1 aliphatic heterocycles. The van der Waals surface area contributed by atoms with Gasteiger partial charge in [0.1, 0.15) is 0 Å². The number of hydrogen-bond donors (Lipinski definition) is 2. The molecule has 0 aromatic heterocycles. The molecule has 2 N–H and O–H groups in total. The van der Waals surface area contributed by atoms with Crippen molar-refractivity contribution in [2.24, 2.45) is 5.92 Å². The zero-order valence-corrected chi connectivity index (χ0v) is 16.5. The molecule has 2 aliphatic rings. The molecule has 4 rings (SSSR count). The molecule has 0 bridgehead atoms. The predicted octanol–water partition coefficient (Wildman–Crippen LogP) is 3.99. The van der Waals surface area contributed by atoms with E-state index in [0.29, 0.717) is 18.4 Å². The average molecular weight is 378 g/mol. The van der Waals surface area contributed by atoms with Crippen LogP contribution in [0, 0.1) is 5.92 Å². The highest BCUT2D eigenvalue weighted by Crippen LogP contribution is 2.31. The first-order valence-electron chi connectivity index (χ1n) is 10.7. The molecule has 2 fully saturated rings. The van der Waals surface area contributed by atoms with E-state index in [4.69, 9.17) is 0 Å². The number of rotatable bonds is 8. The third-order valence-corrected chi connectivity index (χ3v) is 6.05. The number of likely N-dealkylation sites (tertiary alicyclic amines) is 1. The molecule has 1 aliphatic carbocycles. The van der Waals surface area contributed by atoms with Crippen LogP contribution in [0.3, 0.4) is 0 Å². The Hall–Kier alpha value is -2.33. The van der Waals surface area contributed by atoms with Crippen LogP contribution in [-0.4, -0.2) is 43.2 Å². The third kappa shape index (κ3) is 5.14. The van der Waals surface area contributed by atoms with Gasteiger partial charge >= 0.3 is 6.03 Å². The first kappa shape index (κ1) is 19.0. The average Bonchev–Trinajstić information content (AvgIpc) is 3.49. The van der Waals surface area contributed by atoms with Gasteiger partial charge in [-0.25, -0.2) is 4.79 Å². The zero-order chi connectivity index (χ0) is 19.2. The van der Waals surface area contributed by atoms with Crippen molar-refractivity contribution in [2.45, 2.75) is 37.6 Å². The molecule has 0 spiro atoms. The Morgan fingerprint density at radius 1 is 0.929 bits per heavy atom. The summed E-state index contributed by atoms with van der Waals surface area (Å²) >= 11 is 0. The lowest BCUT2D eigenvalue weighted by Gasteiger charge is -2.19. The first-order chi connectivity index (χ1) is 13.8. The number of urea groups is 1. The van der Waals surface area contributed by atoms with E-state index in [2.05, 4.69) is 64.1 Å². The molecule has 4 heteroatoms.